The molecule has 0 spiro atoms. The average Bonchev–Trinajstić information content (AvgIpc) is 2.89. The highest BCUT2D eigenvalue weighted by molar-refractivity contribution is 7.10. The van der Waals surface area contributed by atoms with E-state index in [4.69, 9.17) is 10.5 Å². The van der Waals surface area contributed by atoms with E-state index in [2.05, 4.69) is 21.3 Å². The molecule has 2 aromatic rings. The summed E-state index contributed by atoms with van der Waals surface area (Å²) in [4.78, 5) is 8.30. The van der Waals surface area contributed by atoms with Crippen molar-refractivity contribution < 1.29 is 4.74 Å². The van der Waals surface area contributed by atoms with Crippen molar-refractivity contribution in [3.8, 4) is 5.88 Å². The molecule has 0 aromatic carbocycles. The molecule has 100 valence electrons. The number of aromatic nitrogens is 1. The summed E-state index contributed by atoms with van der Waals surface area (Å²) in [5.41, 5.74) is 7.87. The maximum absolute atomic E-state index is 5.86. The van der Waals surface area contributed by atoms with Crippen LogP contribution in [0.1, 0.15) is 17.4 Å². The molecule has 0 atom stereocenters. The third-order valence-corrected chi connectivity index (χ3v) is 4.31. The molecule has 3 heterocycles. The van der Waals surface area contributed by atoms with Crippen LogP contribution in [0.15, 0.2) is 23.6 Å². The number of nitrogens with two attached hydrogens (primary N) is 1. The van der Waals surface area contributed by atoms with Crippen molar-refractivity contribution in [3.05, 3.63) is 34.0 Å². The van der Waals surface area contributed by atoms with E-state index in [1.165, 1.54) is 10.4 Å². The fourth-order valence-electron chi connectivity index (χ4n) is 2.31. The Balaban J connectivity index is 1.85. The second-order valence-electron chi connectivity index (χ2n) is 4.54. The van der Waals surface area contributed by atoms with Gasteiger partial charge in [-0.25, -0.2) is 0 Å². The molecule has 3 rings (SSSR count). The van der Waals surface area contributed by atoms with Crippen molar-refractivity contribution in [2.45, 2.75) is 19.9 Å². The van der Waals surface area contributed by atoms with Crippen LogP contribution in [0.25, 0.3) is 0 Å². The predicted octanol–water partition coefficient (Wildman–Crippen LogP) is 2.69. The number of rotatable bonds is 3. The number of nitrogens with zero attached hydrogens (tertiary/aromatic N) is 2. The lowest BCUT2D eigenvalue weighted by atomic mass is 10.1. The van der Waals surface area contributed by atoms with E-state index in [0.717, 1.165) is 25.3 Å². The molecular weight excluding hydrogens is 258 g/mol. The van der Waals surface area contributed by atoms with E-state index in [9.17, 15) is 0 Å². The van der Waals surface area contributed by atoms with Crippen LogP contribution in [0.5, 0.6) is 5.88 Å². The summed E-state index contributed by atoms with van der Waals surface area (Å²) in [6.45, 7) is 4.43. The zero-order chi connectivity index (χ0) is 13.2. The van der Waals surface area contributed by atoms with Gasteiger partial charge in [0.25, 0.3) is 0 Å². The van der Waals surface area contributed by atoms with Crippen LogP contribution in [0.4, 0.5) is 11.5 Å². The lowest BCUT2D eigenvalue weighted by Crippen LogP contribution is -2.30. The smallest absolute Gasteiger partial charge is 0.239 e. The van der Waals surface area contributed by atoms with Crippen molar-refractivity contribution in [1.29, 1.82) is 0 Å². The number of hydrogen-bond acceptors (Lipinski definition) is 5. The van der Waals surface area contributed by atoms with Gasteiger partial charge in [0.15, 0.2) is 0 Å². The van der Waals surface area contributed by atoms with Crippen LogP contribution in [0.2, 0.25) is 0 Å². The second-order valence-corrected chi connectivity index (χ2v) is 5.54. The van der Waals surface area contributed by atoms with Crippen LogP contribution in [-0.4, -0.2) is 18.1 Å². The zero-order valence-electron chi connectivity index (χ0n) is 10.9. The summed E-state index contributed by atoms with van der Waals surface area (Å²) in [5, 5.41) is 2.16. The van der Waals surface area contributed by atoms with Crippen LogP contribution in [-0.2, 0) is 13.0 Å². The predicted molar refractivity (Wildman–Crippen MR) is 78.9 cm³/mol. The first-order chi connectivity index (χ1) is 9.28. The van der Waals surface area contributed by atoms with Crippen LogP contribution in [0, 0.1) is 0 Å². The van der Waals surface area contributed by atoms with E-state index in [0.29, 0.717) is 18.2 Å². The molecule has 2 aromatic heterocycles. The number of hydrogen-bond donors (Lipinski definition) is 1. The number of ether oxygens (including phenoxy) is 1. The molecule has 0 unspecified atom stereocenters. The van der Waals surface area contributed by atoms with Crippen molar-refractivity contribution in [2.75, 3.05) is 23.8 Å². The molecule has 1 aliphatic rings. The van der Waals surface area contributed by atoms with Crippen molar-refractivity contribution in [3.63, 3.8) is 0 Å². The van der Waals surface area contributed by atoms with Crippen molar-refractivity contribution in [2.24, 2.45) is 0 Å². The molecule has 0 fully saturated rings. The molecule has 0 saturated carbocycles. The van der Waals surface area contributed by atoms with Gasteiger partial charge in [-0.3, -0.25) is 0 Å². The molecule has 4 nitrogen and oxygen atoms in total. The quantitative estimate of drug-likeness (QED) is 0.935. The summed E-state index contributed by atoms with van der Waals surface area (Å²) in [5.74, 6) is 1.48. The topological polar surface area (TPSA) is 51.4 Å². The number of anilines is 2. The lowest BCUT2D eigenvalue weighted by molar-refractivity contribution is 0.329. The van der Waals surface area contributed by atoms with Gasteiger partial charge >= 0.3 is 0 Å². The molecule has 19 heavy (non-hydrogen) atoms. The molecule has 0 bridgehead atoms. The fraction of sp³-hybridized carbons (Fsp3) is 0.357. The highest BCUT2D eigenvalue weighted by Gasteiger charge is 2.19. The number of fused-ring (bicyclic) bond motifs is 1. The molecule has 5 heteroatoms. The maximum Gasteiger partial charge on any atom is 0.239 e. The Morgan fingerprint density at radius 2 is 2.32 bits per heavy atom. The molecule has 0 amide bonds. The van der Waals surface area contributed by atoms with E-state index >= 15 is 0 Å². The van der Waals surface area contributed by atoms with Gasteiger partial charge in [-0.2, -0.15) is 4.98 Å². The van der Waals surface area contributed by atoms with E-state index in [1.807, 2.05) is 30.4 Å². The van der Waals surface area contributed by atoms with Crippen LogP contribution < -0.4 is 15.4 Å². The fourth-order valence-corrected chi connectivity index (χ4v) is 3.20. The molecule has 1 aliphatic heterocycles. The minimum absolute atomic E-state index is 0.538. The van der Waals surface area contributed by atoms with Gasteiger partial charge in [-0.05, 0) is 42.5 Å². The van der Waals surface area contributed by atoms with Gasteiger partial charge < -0.3 is 15.4 Å². The third kappa shape index (κ3) is 2.38. The molecular formula is C14H17N3OS. The summed E-state index contributed by atoms with van der Waals surface area (Å²) in [6, 6.07) is 6.04. The Bertz CT molecular complexity index is 582. The number of thiophene rings is 1. The van der Waals surface area contributed by atoms with Gasteiger partial charge in [-0.15, -0.1) is 11.3 Å². The number of nitrogen functional groups attached to an aromatic ring is 1. The minimum Gasteiger partial charge on any atom is -0.476 e. The first kappa shape index (κ1) is 12.3. The summed E-state index contributed by atoms with van der Waals surface area (Å²) >= 11 is 1.84. The molecule has 0 aliphatic carbocycles. The third-order valence-electron chi connectivity index (χ3n) is 3.29. The largest absolute Gasteiger partial charge is 0.476 e. The van der Waals surface area contributed by atoms with E-state index in [1.54, 1.807) is 0 Å². The van der Waals surface area contributed by atoms with Crippen molar-refractivity contribution in [1.82, 2.24) is 4.98 Å². The standard InChI is InChI=1S/C14H17N3OS/c1-2-18-14-11(15)3-4-13(16-14)17-7-5-12-10(9-17)6-8-19-12/h3-4,6,8H,2,5,7,9,15H2,1H3. The normalized spacial score (nSPS) is 14.3. The minimum atomic E-state index is 0.538. The van der Waals surface area contributed by atoms with Crippen LogP contribution >= 0.6 is 11.3 Å². The Morgan fingerprint density at radius 3 is 3.16 bits per heavy atom. The lowest BCUT2D eigenvalue weighted by Gasteiger charge is -2.28. The summed E-state index contributed by atoms with van der Waals surface area (Å²) in [6.07, 6.45) is 1.09. The van der Waals surface area contributed by atoms with Crippen LogP contribution in [0.3, 0.4) is 0 Å². The maximum atomic E-state index is 5.86. The Hall–Kier alpha value is -1.75. The molecule has 0 radical (unpaired) electrons. The second kappa shape index (κ2) is 5.09. The Labute approximate surface area is 116 Å². The SMILES string of the molecule is CCOc1nc(N2CCc3sccc3C2)ccc1N. The Kier molecular flexibility index (Phi) is 3.29. The van der Waals surface area contributed by atoms with Gasteiger partial charge in [0.2, 0.25) is 5.88 Å². The van der Waals surface area contributed by atoms with Crippen molar-refractivity contribution >= 4 is 22.8 Å². The van der Waals surface area contributed by atoms with Gasteiger partial charge in [-0.1, -0.05) is 0 Å². The Morgan fingerprint density at radius 1 is 1.42 bits per heavy atom. The first-order valence-corrected chi connectivity index (χ1v) is 7.35. The highest BCUT2D eigenvalue weighted by Crippen LogP contribution is 2.29. The molecule has 2 N–H and O–H groups in total. The van der Waals surface area contributed by atoms with Gasteiger partial charge in [0.1, 0.15) is 5.82 Å². The molecule has 0 saturated heterocycles. The summed E-state index contributed by atoms with van der Waals surface area (Å²) < 4.78 is 5.46. The average molecular weight is 275 g/mol. The number of pyridine rings is 1. The highest BCUT2D eigenvalue weighted by atomic mass is 32.1. The summed E-state index contributed by atoms with van der Waals surface area (Å²) in [7, 11) is 0. The van der Waals surface area contributed by atoms with Gasteiger partial charge in [0, 0.05) is 18.0 Å². The van der Waals surface area contributed by atoms with E-state index < -0.39 is 0 Å². The monoisotopic (exact) mass is 275 g/mol. The van der Waals surface area contributed by atoms with Gasteiger partial charge in [0.05, 0.1) is 12.3 Å². The van der Waals surface area contributed by atoms with E-state index in [-0.39, 0.29) is 0 Å². The first-order valence-electron chi connectivity index (χ1n) is 6.47. The zero-order valence-corrected chi connectivity index (χ0v) is 11.7.